The average molecular weight is 440 g/mol. The summed E-state index contributed by atoms with van der Waals surface area (Å²) in [4.78, 5) is 22.1. The fourth-order valence-electron chi connectivity index (χ4n) is 5.46. The van der Waals surface area contributed by atoms with Gasteiger partial charge in [0.15, 0.2) is 0 Å². The number of piperidine rings is 2. The molecule has 1 amide bonds. The number of rotatable bonds is 5. The number of nitrogens with zero attached hydrogens (tertiary/aromatic N) is 3. The van der Waals surface area contributed by atoms with Crippen LogP contribution in [0.4, 0.5) is 0 Å². The Balaban J connectivity index is 1.14. The molecule has 33 heavy (non-hydrogen) atoms. The summed E-state index contributed by atoms with van der Waals surface area (Å²) in [6, 6.07) is 23.5. The summed E-state index contributed by atoms with van der Waals surface area (Å²) in [7, 11) is 0. The molecular weight excluding hydrogens is 406 g/mol. The smallest absolute Gasteiger partial charge is 0.225 e. The number of hydrogen-bond donors (Lipinski definition) is 0. The SMILES string of the molecule is O=C(C1CCN(Cc2ccccc2-c2cccnc2)CC1)N1CCC(c2ccccc2)CC1. The van der Waals surface area contributed by atoms with E-state index in [9.17, 15) is 4.79 Å². The van der Waals surface area contributed by atoms with Gasteiger partial charge in [-0.15, -0.1) is 0 Å². The Morgan fingerprint density at radius 1 is 0.818 bits per heavy atom. The largest absolute Gasteiger partial charge is 0.342 e. The summed E-state index contributed by atoms with van der Waals surface area (Å²) >= 11 is 0. The normalized spacial score (nSPS) is 18.4. The summed E-state index contributed by atoms with van der Waals surface area (Å²) < 4.78 is 0. The van der Waals surface area contributed by atoms with Crippen molar-refractivity contribution in [2.24, 2.45) is 5.92 Å². The molecule has 0 aliphatic carbocycles. The summed E-state index contributed by atoms with van der Waals surface area (Å²) in [5.41, 5.74) is 5.17. The maximum atomic E-state index is 13.2. The van der Waals surface area contributed by atoms with Crippen molar-refractivity contribution in [1.82, 2.24) is 14.8 Å². The average Bonchev–Trinajstić information content (AvgIpc) is 2.90. The number of likely N-dealkylation sites (tertiary alicyclic amines) is 2. The molecule has 170 valence electrons. The van der Waals surface area contributed by atoms with E-state index >= 15 is 0 Å². The lowest BCUT2D eigenvalue weighted by atomic mass is 9.88. The minimum Gasteiger partial charge on any atom is -0.342 e. The van der Waals surface area contributed by atoms with Gasteiger partial charge >= 0.3 is 0 Å². The van der Waals surface area contributed by atoms with Crippen LogP contribution >= 0.6 is 0 Å². The molecule has 0 radical (unpaired) electrons. The summed E-state index contributed by atoms with van der Waals surface area (Å²) in [6.45, 7) is 4.69. The van der Waals surface area contributed by atoms with E-state index in [1.165, 1.54) is 16.7 Å². The number of carbonyl (C=O) groups excluding carboxylic acids is 1. The lowest BCUT2D eigenvalue weighted by molar-refractivity contribution is -0.138. The second-order valence-corrected chi connectivity index (χ2v) is 9.46. The zero-order valence-corrected chi connectivity index (χ0v) is 19.3. The highest BCUT2D eigenvalue weighted by molar-refractivity contribution is 5.79. The zero-order valence-electron chi connectivity index (χ0n) is 19.3. The summed E-state index contributed by atoms with van der Waals surface area (Å²) in [6.07, 6.45) is 7.85. The molecule has 0 spiro atoms. The first kappa shape index (κ1) is 21.8. The van der Waals surface area contributed by atoms with Crippen molar-refractivity contribution in [3.8, 4) is 11.1 Å². The molecule has 2 aliphatic rings. The molecule has 3 aromatic rings. The second-order valence-electron chi connectivity index (χ2n) is 9.46. The Bertz CT molecular complexity index is 1040. The van der Waals surface area contributed by atoms with Crippen LogP contribution < -0.4 is 0 Å². The van der Waals surface area contributed by atoms with Gasteiger partial charge in [-0.3, -0.25) is 14.7 Å². The van der Waals surface area contributed by atoms with Gasteiger partial charge in [-0.05, 0) is 67.4 Å². The van der Waals surface area contributed by atoms with Crippen molar-refractivity contribution in [1.29, 1.82) is 0 Å². The molecule has 2 aliphatic heterocycles. The standard InChI is InChI=1S/C29H33N3O/c33-29(32-19-14-24(15-20-32)23-7-2-1-3-8-23)25-12-17-31(18-13-25)22-27-9-4-5-11-28(27)26-10-6-16-30-21-26/h1-11,16,21,24-25H,12-15,17-20,22H2. The van der Waals surface area contributed by atoms with Crippen molar-refractivity contribution in [2.75, 3.05) is 26.2 Å². The third-order valence-corrected chi connectivity index (χ3v) is 7.40. The number of aromatic nitrogens is 1. The molecule has 2 saturated heterocycles. The van der Waals surface area contributed by atoms with Gasteiger partial charge in [0.2, 0.25) is 5.91 Å². The van der Waals surface area contributed by atoms with Gasteiger partial charge in [-0.2, -0.15) is 0 Å². The van der Waals surface area contributed by atoms with Crippen LogP contribution in [-0.2, 0) is 11.3 Å². The van der Waals surface area contributed by atoms with Crippen LogP contribution in [0.5, 0.6) is 0 Å². The van der Waals surface area contributed by atoms with Gasteiger partial charge in [0, 0.05) is 43.5 Å². The minimum absolute atomic E-state index is 0.183. The molecule has 0 bridgehead atoms. The maximum absolute atomic E-state index is 13.2. The second kappa shape index (κ2) is 10.3. The van der Waals surface area contributed by atoms with Crippen LogP contribution in [0, 0.1) is 5.92 Å². The van der Waals surface area contributed by atoms with Gasteiger partial charge in [0.1, 0.15) is 0 Å². The molecular formula is C29H33N3O. The molecule has 0 unspecified atom stereocenters. The first-order valence-electron chi connectivity index (χ1n) is 12.3. The Hall–Kier alpha value is -2.98. The fourth-order valence-corrected chi connectivity index (χ4v) is 5.46. The Morgan fingerprint density at radius 2 is 1.55 bits per heavy atom. The van der Waals surface area contributed by atoms with Gasteiger partial charge in [0.25, 0.3) is 0 Å². The lowest BCUT2D eigenvalue weighted by Crippen LogP contribution is -2.45. The van der Waals surface area contributed by atoms with Gasteiger partial charge in [0.05, 0.1) is 0 Å². The van der Waals surface area contributed by atoms with E-state index < -0.39 is 0 Å². The first-order valence-corrected chi connectivity index (χ1v) is 12.3. The molecule has 0 saturated carbocycles. The van der Waals surface area contributed by atoms with Crippen molar-refractivity contribution >= 4 is 5.91 Å². The molecule has 1 aromatic heterocycles. The Morgan fingerprint density at radius 3 is 2.27 bits per heavy atom. The van der Waals surface area contributed by atoms with E-state index in [0.717, 1.165) is 64.0 Å². The number of pyridine rings is 1. The van der Waals surface area contributed by atoms with E-state index in [1.54, 1.807) is 0 Å². The van der Waals surface area contributed by atoms with Crippen LogP contribution in [0.25, 0.3) is 11.1 Å². The quantitative estimate of drug-likeness (QED) is 0.536. The third kappa shape index (κ3) is 5.17. The predicted octanol–water partition coefficient (Wildman–Crippen LogP) is 5.37. The molecule has 4 nitrogen and oxygen atoms in total. The molecule has 0 N–H and O–H groups in total. The molecule has 0 atom stereocenters. The van der Waals surface area contributed by atoms with Crippen molar-refractivity contribution < 1.29 is 4.79 Å². The minimum atomic E-state index is 0.183. The van der Waals surface area contributed by atoms with Gasteiger partial charge < -0.3 is 4.90 Å². The highest BCUT2D eigenvalue weighted by Crippen LogP contribution is 2.30. The number of benzene rings is 2. The Kier molecular flexibility index (Phi) is 6.82. The monoisotopic (exact) mass is 439 g/mol. The highest BCUT2D eigenvalue weighted by atomic mass is 16.2. The van der Waals surface area contributed by atoms with E-state index in [1.807, 2.05) is 18.5 Å². The van der Waals surface area contributed by atoms with Crippen LogP contribution in [0.1, 0.15) is 42.7 Å². The topological polar surface area (TPSA) is 36.4 Å². The van der Waals surface area contributed by atoms with Crippen molar-refractivity contribution in [3.63, 3.8) is 0 Å². The van der Waals surface area contributed by atoms with Crippen LogP contribution in [0.3, 0.4) is 0 Å². The summed E-state index contributed by atoms with van der Waals surface area (Å²) in [5.74, 6) is 1.16. The van der Waals surface area contributed by atoms with Crippen molar-refractivity contribution in [2.45, 2.75) is 38.1 Å². The van der Waals surface area contributed by atoms with Crippen LogP contribution in [0.15, 0.2) is 79.1 Å². The van der Waals surface area contributed by atoms with E-state index in [2.05, 4.69) is 75.4 Å². The molecule has 3 heterocycles. The van der Waals surface area contributed by atoms with Gasteiger partial charge in [-0.25, -0.2) is 0 Å². The third-order valence-electron chi connectivity index (χ3n) is 7.40. The number of hydrogen-bond acceptors (Lipinski definition) is 3. The van der Waals surface area contributed by atoms with E-state index in [4.69, 9.17) is 0 Å². The van der Waals surface area contributed by atoms with Crippen molar-refractivity contribution in [3.05, 3.63) is 90.3 Å². The summed E-state index contributed by atoms with van der Waals surface area (Å²) in [5, 5.41) is 0. The predicted molar refractivity (Wildman–Crippen MR) is 133 cm³/mol. The molecule has 2 fully saturated rings. The molecule has 4 heteroatoms. The zero-order chi connectivity index (χ0) is 22.5. The van der Waals surface area contributed by atoms with E-state index in [0.29, 0.717) is 11.8 Å². The van der Waals surface area contributed by atoms with Gasteiger partial charge in [-0.1, -0.05) is 60.7 Å². The van der Waals surface area contributed by atoms with Crippen LogP contribution in [-0.4, -0.2) is 46.9 Å². The molecule has 2 aromatic carbocycles. The maximum Gasteiger partial charge on any atom is 0.225 e. The first-order chi connectivity index (χ1) is 16.3. The van der Waals surface area contributed by atoms with E-state index in [-0.39, 0.29) is 5.92 Å². The fraction of sp³-hybridized carbons (Fsp3) is 0.379. The Labute approximate surface area is 197 Å². The van der Waals surface area contributed by atoms with Crippen LogP contribution in [0.2, 0.25) is 0 Å². The number of carbonyl (C=O) groups is 1. The highest BCUT2D eigenvalue weighted by Gasteiger charge is 2.31. The number of amides is 1. The lowest BCUT2D eigenvalue weighted by Gasteiger charge is -2.37. The molecule has 5 rings (SSSR count).